The minimum absolute atomic E-state index is 0.0726. The summed E-state index contributed by atoms with van der Waals surface area (Å²) in [6.45, 7) is 0.0726. The van der Waals surface area contributed by atoms with E-state index in [4.69, 9.17) is 0 Å². The highest BCUT2D eigenvalue weighted by atomic mass is 32.1. The minimum atomic E-state index is -0.229. The average molecular weight is 211 g/mol. The van der Waals surface area contributed by atoms with Crippen LogP contribution in [0.3, 0.4) is 0 Å². The van der Waals surface area contributed by atoms with Gasteiger partial charge in [-0.15, -0.1) is 11.3 Å². The van der Waals surface area contributed by atoms with Gasteiger partial charge in [0.2, 0.25) is 6.54 Å². The molecule has 0 spiro atoms. The molecule has 0 atom stereocenters. The molecule has 1 aromatic heterocycles. The molecule has 0 radical (unpaired) electrons. The van der Waals surface area contributed by atoms with Gasteiger partial charge in [0.1, 0.15) is 0 Å². The second-order valence-corrected chi connectivity index (χ2v) is 4.64. The second-order valence-electron chi connectivity index (χ2n) is 3.68. The molecule has 1 heterocycles. The lowest BCUT2D eigenvalue weighted by Gasteiger charge is -2.11. The average Bonchev–Trinajstić information content (AvgIpc) is 2.58. The predicted molar refractivity (Wildman–Crippen MR) is 56.5 cm³/mol. The van der Waals surface area contributed by atoms with Crippen LogP contribution in [0.1, 0.15) is 28.8 Å². The Kier molecular flexibility index (Phi) is 2.82. The van der Waals surface area contributed by atoms with Gasteiger partial charge in [-0.2, -0.15) is 0 Å². The minimum Gasteiger partial charge on any atom is -0.265 e. The molecule has 1 aliphatic rings. The topological polar surface area (TPSA) is 43.1 Å². The smallest absolute Gasteiger partial charge is 0.207 e. The summed E-state index contributed by atoms with van der Waals surface area (Å²) in [5.74, 6) is 0. The molecular formula is C10H13NO2S. The summed E-state index contributed by atoms with van der Waals surface area (Å²) in [4.78, 5) is 11.5. The number of nitrogens with zero attached hydrogens (tertiary/aromatic N) is 1. The first-order chi connectivity index (χ1) is 6.77. The van der Waals surface area contributed by atoms with E-state index in [1.54, 1.807) is 11.3 Å². The van der Waals surface area contributed by atoms with Crippen molar-refractivity contribution in [2.45, 2.75) is 32.1 Å². The van der Waals surface area contributed by atoms with Crippen LogP contribution in [-0.4, -0.2) is 11.5 Å². The largest absolute Gasteiger partial charge is 0.265 e. The van der Waals surface area contributed by atoms with E-state index in [2.05, 4.69) is 5.38 Å². The standard InChI is InChI=1S/C10H13NO2S/c12-11(13)6-5-8-7-14-10-4-2-1-3-9(8)10/h7H,1-6H2. The zero-order valence-corrected chi connectivity index (χ0v) is 8.81. The molecule has 0 saturated carbocycles. The molecule has 0 aromatic carbocycles. The highest BCUT2D eigenvalue weighted by molar-refractivity contribution is 7.10. The summed E-state index contributed by atoms with van der Waals surface area (Å²) >= 11 is 1.78. The van der Waals surface area contributed by atoms with Gasteiger partial charge in [-0.25, -0.2) is 0 Å². The quantitative estimate of drug-likeness (QED) is 0.569. The van der Waals surface area contributed by atoms with Gasteiger partial charge < -0.3 is 0 Å². The summed E-state index contributed by atoms with van der Waals surface area (Å²) < 4.78 is 0. The van der Waals surface area contributed by atoms with E-state index in [1.807, 2.05) is 0 Å². The maximum absolute atomic E-state index is 10.3. The zero-order valence-electron chi connectivity index (χ0n) is 7.99. The van der Waals surface area contributed by atoms with Crippen molar-refractivity contribution in [3.63, 3.8) is 0 Å². The molecule has 2 rings (SSSR count). The van der Waals surface area contributed by atoms with Crippen LogP contribution in [0.2, 0.25) is 0 Å². The summed E-state index contributed by atoms with van der Waals surface area (Å²) in [6, 6.07) is 0. The molecule has 3 nitrogen and oxygen atoms in total. The van der Waals surface area contributed by atoms with Crippen LogP contribution in [0.5, 0.6) is 0 Å². The third-order valence-electron chi connectivity index (χ3n) is 2.71. The number of thiophene rings is 1. The van der Waals surface area contributed by atoms with Crippen molar-refractivity contribution < 1.29 is 4.92 Å². The molecular weight excluding hydrogens is 198 g/mol. The molecule has 0 bridgehead atoms. The number of aryl methyl sites for hydroxylation is 1. The lowest BCUT2D eigenvalue weighted by atomic mass is 9.95. The molecule has 0 amide bonds. The molecule has 0 fully saturated rings. The predicted octanol–water partition coefficient (Wildman–Crippen LogP) is 2.45. The van der Waals surface area contributed by atoms with Gasteiger partial charge in [0.15, 0.2) is 0 Å². The Hall–Kier alpha value is -0.900. The van der Waals surface area contributed by atoms with Crippen molar-refractivity contribution in [3.8, 4) is 0 Å². The van der Waals surface area contributed by atoms with Crippen LogP contribution in [0.25, 0.3) is 0 Å². The van der Waals surface area contributed by atoms with E-state index >= 15 is 0 Å². The fourth-order valence-corrected chi connectivity index (χ4v) is 3.16. The molecule has 1 aliphatic carbocycles. The number of hydrogen-bond acceptors (Lipinski definition) is 3. The van der Waals surface area contributed by atoms with Crippen molar-refractivity contribution in [3.05, 3.63) is 31.5 Å². The van der Waals surface area contributed by atoms with Gasteiger partial charge in [0.05, 0.1) is 0 Å². The van der Waals surface area contributed by atoms with Crippen LogP contribution in [0.4, 0.5) is 0 Å². The van der Waals surface area contributed by atoms with E-state index in [0.717, 1.165) is 6.42 Å². The Morgan fingerprint density at radius 1 is 1.43 bits per heavy atom. The first-order valence-corrected chi connectivity index (χ1v) is 5.85. The molecule has 0 aliphatic heterocycles. The molecule has 0 saturated heterocycles. The van der Waals surface area contributed by atoms with Gasteiger partial charge in [0, 0.05) is 16.2 Å². The fourth-order valence-electron chi connectivity index (χ4n) is 1.98. The second kappa shape index (κ2) is 4.09. The number of rotatable bonds is 3. The van der Waals surface area contributed by atoms with Gasteiger partial charge in [-0.3, -0.25) is 10.1 Å². The third-order valence-corrected chi connectivity index (χ3v) is 3.85. The molecule has 1 aromatic rings. The van der Waals surface area contributed by atoms with Gasteiger partial charge in [0.25, 0.3) is 0 Å². The molecule has 0 unspecified atom stereocenters. The summed E-state index contributed by atoms with van der Waals surface area (Å²) in [6.07, 6.45) is 5.45. The van der Waals surface area contributed by atoms with Crippen molar-refractivity contribution in [1.29, 1.82) is 0 Å². The maximum atomic E-state index is 10.3. The third kappa shape index (κ3) is 1.95. The summed E-state index contributed by atoms with van der Waals surface area (Å²) in [5, 5.41) is 12.4. The highest BCUT2D eigenvalue weighted by Crippen LogP contribution is 2.30. The highest BCUT2D eigenvalue weighted by Gasteiger charge is 2.16. The number of hydrogen-bond donors (Lipinski definition) is 0. The number of nitro groups is 1. The summed E-state index contributed by atoms with van der Waals surface area (Å²) in [7, 11) is 0. The van der Waals surface area contributed by atoms with Crippen LogP contribution in [0, 0.1) is 10.1 Å². The van der Waals surface area contributed by atoms with Gasteiger partial charge >= 0.3 is 0 Å². The molecule has 14 heavy (non-hydrogen) atoms. The first-order valence-electron chi connectivity index (χ1n) is 4.97. The Bertz CT molecular complexity index is 346. The van der Waals surface area contributed by atoms with E-state index in [0.29, 0.717) is 6.42 Å². The van der Waals surface area contributed by atoms with E-state index in [-0.39, 0.29) is 11.5 Å². The van der Waals surface area contributed by atoms with Gasteiger partial charge in [-0.1, -0.05) is 0 Å². The molecule has 76 valence electrons. The first kappa shape index (κ1) is 9.65. The SMILES string of the molecule is O=[N+]([O-])CCc1csc2c1CCCC2. The zero-order chi connectivity index (χ0) is 9.97. The lowest BCUT2D eigenvalue weighted by molar-refractivity contribution is -0.479. The van der Waals surface area contributed by atoms with Crippen molar-refractivity contribution >= 4 is 11.3 Å². The van der Waals surface area contributed by atoms with Crippen molar-refractivity contribution in [2.24, 2.45) is 0 Å². The monoisotopic (exact) mass is 211 g/mol. The summed E-state index contributed by atoms with van der Waals surface area (Å²) in [5.41, 5.74) is 2.64. The maximum Gasteiger partial charge on any atom is 0.207 e. The van der Waals surface area contributed by atoms with Crippen molar-refractivity contribution in [2.75, 3.05) is 6.54 Å². The fraction of sp³-hybridized carbons (Fsp3) is 0.600. The lowest BCUT2D eigenvalue weighted by Crippen LogP contribution is -2.07. The van der Waals surface area contributed by atoms with Crippen LogP contribution in [0.15, 0.2) is 5.38 Å². The Balaban J connectivity index is 2.10. The Labute approximate surface area is 86.9 Å². The van der Waals surface area contributed by atoms with Crippen LogP contribution >= 0.6 is 11.3 Å². The van der Waals surface area contributed by atoms with Gasteiger partial charge in [-0.05, 0) is 42.2 Å². The van der Waals surface area contributed by atoms with E-state index in [9.17, 15) is 10.1 Å². The number of fused-ring (bicyclic) bond motifs is 1. The van der Waals surface area contributed by atoms with Crippen molar-refractivity contribution in [1.82, 2.24) is 0 Å². The molecule has 0 N–H and O–H groups in total. The Morgan fingerprint density at radius 2 is 2.21 bits per heavy atom. The van der Waals surface area contributed by atoms with E-state index < -0.39 is 0 Å². The Morgan fingerprint density at radius 3 is 3.00 bits per heavy atom. The van der Waals surface area contributed by atoms with Crippen LogP contribution < -0.4 is 0 Å². The van der Waals surface area contributed by atoms with Crippen LogP contribution in [-0.2, 0) is 19.3 Å². The normalized spacial score (nSPS) is 15.1. The molecule has 4 heteroatoms. The van der Waals surface area contributed by atoms with E-state index in [1.165, 1.54) is 35.3 Å².